The Morgan fingerprint density at radius 3 is 2.57 bits per heavy atom. The number of benzene rings is 1. The first-order chi connectivity index (χ1) is 6.54. The zero-order valence-electron chi connectivity index (χ0n) is 6.64. The molecule has 1 rings (SSSR count). The molecule has 1 aromatic rings. The molecule has 0 radical (unpaired) electrons. The van der Waals surface area contributed by atoms with Gasteiger partial charge in [0.1, 0.15) is 11.6 Å². The number of rotatable bonds is 3. The van der Waals surface area contributed by atoms with Crippen molar-refractivity contribution < 1.29 is 22.7 Å². The highest BCUT2D eigenvalue weighted by atomic mass is 35.5. The molecule has 0 amide bonds. The van der Waals surface area contributed by atoms with Gasteiger partial charge in [-0.25, -0.2) is 4.39 Å². The van der Waals surface area contributed by atoms with Crippen LogP contribution in [0.2, 0.25) is 5.02 Å². The smallest absolute Gasteiger partial charge is 0.387 e. The lowest BCUT2D eigenvalue weighted by Gasteiger charge is -2.07. The van der Waals surface area contributed by atoms with Gasteiger partial charge in [-0.3, -0.25) is 4.79 Å². The lowest BCUT2D eigenvalue weighted by molar-refractivity contribution is -0.0502. The van der Waals surface area contributed by atoms with Crippen molar-refractivity contribution in [3.63, 3.8) is 0 Å². The molecule has 0 aliphatic heterocycles. The van der Waals surface area contributed by atoms with Gasteiger partial charge in [0.25, 0.3) is 0 Å². The average molecular weight is 225 g/mol. The minimum atomic E-state index is -3.13. The molecule has 0 aromatic heterocycles. The van der Waals surface area contributed by atoms with Gasteiger partial charge in [0.15, 0.2) is 6.29 Å². The van der Waals surface area contributed by atoms with E-state index in [2.05, 4.69) is 4.74 Å². The highest BCUT2D eigenvalue weighted by Crippen LogP contribution is 2.27. The summed E-state index contributed by atoms with van der Waals surface area (Å²) in [4.78, 5) is 10.4. The van der Waals surface area contributed by atoms with E-state index in [9.17, 15) is 18.0 Å². The van der Waals surface area contributed by atoms with Crippen LogP contribution in [0.3, 0.4) is 0 Å². The number of ether oxygens (including phenoxy) is 1. The predicted octanol–water partition coefficient (Wildman–Crippen LogP) is 2.89. The number of halogens is 4. The molecule has 0 heterocycles. The fourth-order valence-electron chi connectivity index (χ4n) is 0.869. The molecule has 0 N–H and O–H groups in total. The fourth-order valence-corrected chi connectivity index (χ4v) is 1.11. The molecular formula is C8H4ClF3O2. The maximum Gasteiger partial charge on any atom is 0.387 e. The molecule has 0 bridgehead atoms. The number of aldehydes is 1. The highest BCUT2D eigenvalue weighted by Gasteiger charge is 2.14. The molecule has 14 heavy (non-hydrogen) atoms. The maximum atomic E-state index is 12.7. The molecule has 76 valence electrons. The molecule has 0 saturated carbocycles. The Kier molecular flexibility index (Phi) is 3.35. The summed E-state index contributed by atoms with van der Waals surface area (Å²) in [5.41, 5.74) is -0.298. The van der Waals surface area contributed by atoms with Crippen LogP contribution < -0.4 is 4.74 Å². The van der Waals surface area contributed by atoms with Crippen molar-refractivity contribution in [2.45, 2.75) is 6.61 Å². The van der Waals surface area contributed by atoms with Crippen LogP contribution >= 0.6 is 11.6 Å². The minimum absolute atomic E-state index is 0.222. The highest BCUT2D eigenvalue weighted by molar-refractivity contribution is 6.33. The lowest BCUT2D eigenvalue weighted by Crippen LogP contribution is -2.05. The van der Waals surface area contributed by atoms with Gasteiger partial charge in [-0.1, -0.05) is 11.6 Å². The largest absolute Gasteiger partial charge is 0.434 e. The van der Waals surface area contributed by atoms with E-state index in [1.54, 1.807) is 0 Å². The van der Waals surface area contributed by atoms with Crippen LogP contribution in [0, 0.1) is 5.82 Å². The van der Waals surface area contributed by atoms with Gasteiger partial charge in [0.2, 0.25) is 0 Å². The van der Waals surface area contributed by atoms with Gasteiger partial charge in [0.05, 0.1) is 10.6 Å². The fraction of sp³-hybridized carbons (Fsp3) is 0.125. The molecule has 0 aliphatic carbocycles. The van der Waals surface area contributed by atoms with Crippen LogP contribution in [-0.2, 0) is 0 Å². The molecule has 0 atom stereocenters. The molecule has 0 unspecified atom stereocenters. The molecule has 1 aromatic carbocycles. The third kappa shape index (κ3) is 2.38. The third-order valence-corrected chi connectivity index (χ3v) is 1.70. The van der Waals surface area contributed by atoms with E-state index in [1.807, 2.05) is 0 Å². The van der Waals surface area contributed by atoms with Gasteiger partial charge in [-0.05, 0) is 6.07 Å². The van der Waals surface area contributed by atoms with E-state index in [4.69, 9.17) is 11.6 Å². The van der Waals surface area contributed by atoms with E-state index in [-0.39, 0.29) is 16.9 Å². The van der Waals surface area contributed by atoms with Gasteiger partial charge >= 0.3 is 6.61 Å². The van der Waals surface area contributed by atoms with Gasteiger partial charge in [0, 0.05) is 6.07 Å². The van der Waals surface area contributed by atoms with E-state index in [0.717, 1.165) is 6.07 Å². The van der Waals surface area contributed by atoms with Gasteiger partial charge < -0.3 is 4.74 Å². The van der Waals surface area contributed by atoms with Crippen molar-refractivity contribution in [2.24, 2.45) is 0 Å². The molecular weight excluding hydrogens is 221 g/mol. The Labute approximate surface area is 82.2 Å². The Bertz CT molecular complexity index is 355. The summed E-state index contributed by atoms with van der Waals surface area (Å²) in [6.07, 6.45) is 0.222. The molecule has 0 aliphatic rings. The van der Waals surface area contributed by atoms with E-state index < -0.39 is 18.2 Å². The minimum Gasteiger partial charge on any atom is -0.434 e. The second-order valence-corrected chi connectivity index (χ2v) is 2.70. The summed E-state index contributed by atoms with van der Waals surface area (Å²) < 4.78 is 40.2. The number of alkyl halides is 2. The van der Waals surface area contributed by atoms with Crippen LogP contribution in [0.5, 0.6) is 5.75 Å². The number of hydrogen-bond donors (Lipinski definition) is 0. The topological polar surface area (TPSA) is 26.3 Å². The second-order valence-electron chi connectivity index (χ2n) is 2.30. The number of carbonyl (C=O) groups excluding carboxylic acids is 1. The standard InChI is InChI=1S/C8H4ClF3O2/c9-6-1-4(10)2-7(5(6)3-13)14-8(11)12/h1-3,8H. The van der Waals surface area contributed by atoms with Crippen LogP contribution in [0.15, 0.2) is 12.1 Å². The van der Waals surface area contributed by atoms with E-state index in [0.29, 0.717) is 6.07 Å². The first-order valence-corrected chi connectivity index (χ1v) is 3.81. The summed E-state index contributed by atoms with van der Waals surface area (Å²) in [6, 6.07) is 1.51. The van der Waals surface area contributed by atoms with Gasteiger partial charge in [-0.2, -0.15) is 8.78 Å². The van der Waals surface area contributed by atoms with Crippen LogP contribution in [0.4, 0.5) is 13.2 Å². The van der Waals surface area contributed by atoms with Crippen molar-refractivity contribution in [1.82, 2.24) is 0 Å². The normalized spacial score (nSPS) is 10.4. The van der Waals surface area contributed by atoms with Crippen molar-refractivity contribution in [3.05, 3.63) is 28.5 Å². The molecule has 2 nitrogen and oxygen atoms in total. The average Bonchev–Trinajstić information content (AvgIpc) is 2.01. The SMILES string of the molecule is O=Cc1c(Cl)cc(F)cc1OC(F)F. The van der Waals surface area contributed by atoms with Crippen LogP contribution in [0.25, 0.3) is 0 Å². The zero-order valence-corrected chi connectivity index (χ0v) is 7.39. The van der Waals surface area contributed by atoms with Gasteiger partial charge in [-0.15, -0.1) is 0 Å². The summed E-state index contributed by atoms with van der Waals surface area (Å²) in [5.74, 6) is -1.42. The Morgan fingerprint density at radius 2 is 2.07 bits per heavy atom. The first-order valence-electron chi connectivity index (χ1n) is 3.43. The first kappa shape index (κ1) is 10.8. The third-order valence-electron chi connectivity index (χ3n) is 1.39. The number of carbonyl (C=O) groups is 1. The summed E-state index contributed by atoms with van der Waals surface area (Å²) in [5, 5.41) is -0.268. The zero-order chi connectivity index (χ0) is 10.7. The van der Waals surface area contributed by atoms with Crippen molar-refractivity contribution >= 4 is 17.9 Å². The Balaban J connectivity index is 3.17. The second kappa shape index (κ2) is 4.32. The quantitative estimate of drug-likeness (QED) is 0.738. The van der Waals surface area contributed by atoms with Crippen LogP contribution in [-0.4, -0.2) is 12.9 Å². The molecule has 0 saturated heterocycles. The molecule has 0 fully saturated rings. The van der Waals surface area contributed by atoms with Crippen molar-refractivity contribution in [2.75, 3.05) is 0 Å². The number of hydrogen-bond acceptors (Lipinski definition) is 2. The summed E-state index contributed by atoms with van der Waals surface area (Å²) in [7, 11) is 0. The predicted molar refractivity (Wildman–Crippen MR) is 43.4 cm³/mol. The summed E-state index contributed by atoms with van der Waals surface area (Å²) in [6.45, 7) is -3.13. The van der Waals surface area contributed by atoms with Crippen molar-refractivity contribution in [1.29, 1.82) is 0 Å². The maximum absolute atomic E-state index is 12.7. The van der Waals surface area contributed by atoms with E-state index in [1.165, 1.54) is 0 Å². The van der Waals surface area contributed by atoms with E-state index >= 15 is 0 Å². The monoisotopic (exact) mass is 224 g/mol. The molecule has 6 heteroatoms. The van der Waals surface area contributed by atoms with Crippen molar-refractivity contribution in [3.8, 4) is 5.75 Å². The summed E-state index contributed by atoms with van der Waals surface area (Å²) >= 11 is 5.42. The lowest BCUT2D eigenvalue weighted by atomic mass is 10.2. The Hall–Kier alpha value is -1.23. The molecule has 0 spiro atoms. The Morgan fingerprint density at radius 1 is 1.43 bits per heavy atom. The van der Waals surface area contributed by atoms with Crippen LogP contribution in [0.1, 0.15) is 10.4 Å².